The minimum absolute atomic E-state index is 0.313. The molecule has 0 bridgehead atoms. The summed E-state index contributed by atoms with van der Waals surface area (Å²) in [6, 6.07) is 0. The van der Waals surface area contributed by atoms with Crippen molar-refractivity contribution in [1.29, 1.82) is 0 Å². The van der Waals surface area contributed by atoms with E-state index in [1.165, 1.54) is 11.3 Å². The largest absolute Gasteiger partial charge is 0.326 e. The molecule has 2 heterocycles. The molecule has 2 aromatic rings. The summed E-state index contributed by atoms with van der Waals surface area (Å²) in [6.45, 7) is 0.690. The first kappa shape index (κ1) is 10.1. The fourth-order valence-electron chi connectivity index (χ4n) is 1.49. The molecule has 2 rings (SSSR count). The van der Waals surface area contributed by atoms with Crippen LogP contribution in [-0.4, -0.2) is 29.0 Å². The van der Waals surface area contributed by atoms with Gasteiger partial charge in [-0.1, -0.05) is 0 Å². The van der Waals surface area contributed by atoms with Gasteiger partial charge in [-0.2, -0.15) is 0 Å². The van der Waals surface area contributed by atoms with E-state index >= 15 is 0 Å². The molecular weight excluding hydrogens is 214 g/mol. The molecule has 0 unspecified atom stereocenters. The zero-order chi connectivity index (χ0) is 11.0. The first-order valence-electron chi connectivity index (χ1n) is 4.45. The van der Waals surface area contributed by atoms with Crippen molar-refractivity contribution in [3.63, 3.8) is 0 Å². The Hall–Kier alpha value is -1.40. The standard InChI is InChI=1S/C9H11N3O2S/c1-12(2)3-5-4-15-8-6(5)7(13)10-9(14)11-8/h4H,3H2,1-2H3,(H2,10,11,13,14). The van der Waals surface area contributed by atoms with Crippen molar-refractivity contribution in [3.8, 4) is 0 Å². The topological polar surface area (TPSA) is 69.0 Å². The Balaban J connectivity index is 2.69. The summed E-state index contributed by atoms with van der Waals surface area (Å²) in [5, 5.41) is 2.49. The van der Waals surface area contributed by atoms with Crippen LogP contribution >= 0.6 is 11.3 Å². The van der Waals surface area contributed by atoms with Crippen molar-refractivity contribution in [2.75, 3.05) is 14.1 Å². The van der Waals surface area contributed by atoms with Gasteiger partial charge in [-0.05, 0) is 25.0 Å². The van der Waals surface area contributed by atoms with E-state index in [4.69, 9.17) is 0 Å². The van der Waals surface area contributed by atoms with Crippen LogP contribution in [0.15, 0.2) is 15.0 Å². The summed E-state index contributed by atoms with van der Waals surface area (Å²) in [7, 11) is 3.87. The van der Waals surface area contributed by atoms with Crippen LogP contribution in [0.4, 0.5) is 0 Å². The normalized spacial score (nSPS) is 11.4. The summed E-state index contributed by atoms with van der Waals surface area (Å²) in [5.74, 6) is 0. The van der Waals surface area contributed by atoms with Crippen LogP contribution in [-0.2, 0) is 6.54 Å². The molecule has 5 nitrogen and oxygen atoms in total. The number of hydrogen-bond donors (Lipinski definition) is 2. The summed E-state index contributed by atoms with van der Waals surface area (Å²) in [5.41, 5.74) is 0.176. The molecule has 6 heteroatoms. The molecule has 0 saturated heterocycles. The minimum atomic E-state index is -0.453. The number of fused-ring (bicyclic) bond motifs is 1. The predicted octanol–water partition coefficient (Wildman–Crippen LogP) is 0.340. The van der Waals surface area contributed by atoms with E-state index in [-0.39, 0.29) is 5.56 Å². The van der Waals surface area contributed by atoms with Crippen molar-refractivity contribution in [3.05, 3.63) is 31.8 Å². The van der Waals surface area contributed by atoms with Crippen LogP contribution in [0.25, 0.3) is 10.2 Å². The molecule has 0 fully saturated rings. The van der Waals surface area contributed by atoms with E-state index in [1.54, 1.807) is 0 Å². The molecule has 80 valence electrons. The van der Waals surface area contributed by atoms with Gasteiger partial charge in [0.15, 0.2) is 0 Å². The van der Waals surface area contributed by atoms with Crippen LogP contribution in [0.5, 0.6) is 0 Å². The van der Waals surface area contributed by atoms with Crippen molar-refractivity contribution < 1.29 is 0 Å². The van der Waals surface area contributed by atoms with E-state index in [1.807, 2.05) is 24.4 Å². The van der Waals surface area contributed by atoms with Crippen LogP contribution in [0.3, 0.4) is 0 Å². The van der Waals surface area contributed by atoms with Crippen LogP contribution < -0.4 is 11.2 Å². The number of nitrogens with zero attached hydrogens (tertiary/aromatic N) is 1. The molecular formula is C9H11N3O2S. The molecule has 0 spiro atoms. The highest BCUT2D eigenvalue weighted by atomic mass is 32.1. The first-order valence-corrected chi connectivity index (χ1v) is 5.33. The van der Waals surface area contributed by atoms with E-state index in [9.17, 15) is 9.59 Å². The number of rotatable bonds is 2. The fourth-order valence-corrected chi connectivity index (χ4v) is 2.44. The zero-order valence-electron chi connectivity index (χ0n) is 8.46. The molecule has 0 aliphatic heterocycles. The Morgan fingerprint density at radius 1 is 1.33 bits per heavy atom. The number of aromatic amines is 2. The van der Waals surface area contributed by atoms with Gasteiger partial charge in [0.2, 0.25) is 0 Å². The monoisotopic (exact) mass is 225 g/mol. The Morgan fingerprint density at radius 2 is 2.07 bits per heavy atom. The van der Waals surface area contributed by atoms with E-state index in [2.05, 4.69) is 9.97 Å². The Morgan fingerprint density at radius 3 is 2.73 bits per heavy atom. The second-order valence-electron chi connectivity index (χ2n) is 3.61. The molecule has 0 radical (unpaired) electrons. The second-order valence-corrected chi connectivity index (χ2v) is 4.49. The highest BCUT2D eigenvalue weighted by Crippen LogP contribution is 2.20. The number of thiophene rings is 1. The van der Waals surface area contributed by atoms with Gasteiger partial charge in [0.25, 0.3) is 5.56 Å². The van der Waals surface area contributed by atoms with Gasteiger partial charge in [-0.25, -0.2) is 4.79 Å². The maximum absolute atomic E-state index is 11.6. The minimum Gasteiger partial charge on any atom is -0.305 e. The molecule has 0 saturated carbocycles. The third kappa shape index (κ3) is 1.86. The lowest BCUT2D eigenvalue weighted by Gasteiger charge is -2.07. The molecule has 0 amide bonds. The van der Waals surface area contributed by atoms with Crippen molar-refractivity contribution >= 4 is 21.6 Å². The average Bonchev–Trinajstić information content (AvgIpc) is 2.46. The van der Waals surface area contributed by atoms with Crippen molar-refractivity contribution in [2.45, 2.75) is 6.54 Å². The van der Waals surface area contributed by atoms with Gasteiger partial charge in [0.05, 0.1) is 5.39 Å². The Kier molecular flexibility index (Phi) is 2.45. The number of aromatic nitrogens is 2. The van der Waals surface area contributed by atoms with E-state index in [0.717, 1.165) is 5.56 Å². The van der Waals surface area contributed by atoms with Crippen molar-refractivity contribution in [1.82, 2.24) is 14.9 Å². The maximum atomic E-state index is 11.6. The van der Waals surface area contributed by atoms with Crippen LogP contribution in [0.1, 0.15) is 5.56 Å². The molecule has 2 N–H and O–H groups in total. The van der Waals surface area contributed by atoms with E-state index < -0.39 is 5.69 Å². The smallest absolute Gasteiger partial charge is 0.305 e. The number of nitrogens with one attached hydrogen (secondary N) is 2. The van der Waals surface area contributed by atoms with Gasteiger partial charge >= 0.3 is 5.69 Å². The molecule has 0 aromatic carbocycles. The summed E-state index contributed by atoms with van der Waals surface area (Å²) in [6.07, 6.45) is 0. The highest BCUT2D eigenvalue weighted by molar-refractivity contribution is 7.16. The molecule has 2 aromatic heterocycles. The maximum Gasteiger partial charge on any atom is 0.326 e. The fraction of sp³-hybridized carbons (Fsp3) is 0.333. The Bertz CT molecular complexity index is 593. The SMILES string of the molecule is CN(C)Cc1csc2[nH]c(=O)[nH]c(=O)c12. The zero-order valence-corrected chi connectivity index (χ0v) is 9.27. The Labute approximate surface area is 89.4 Å². The lowest BCUT2D eigenvalue weighted by atomic mass is 10.2. The lowest BCUT2D eigenvalue weighted by molar-refractivity contribution is 0.404. The lowest BCUT2D eigenvalue weighted by Crippen LogP contribution is -2.22. The molecule has 0 aliphatic carbocycles. The predicted molar refractivity (Wildman–Crippen MR) is 60.5 cm³/mol. The highest BCUT2D eigenvalue weighted by Gasteiger charge is 2.09. The van der Waals surface area contributed by atoms with Gasteiger partial charge in [-0.3, -0.25) is 14.8 Å². The van der Waals surface area contributed by atoms with E-state index in [0.29, 0.717) is 16.8 Å². The number of hydrogen-bond acceptors (Lipinski definition) is 4. The first-order chi connectivity index (χ1) is 7.08. The van der Waals surface area contributed by atoms with Gasteiger partial charge < -0.3 is 4.90 Å². The van der Waals surface area contributed by atoms with Gasteiger partial charge in [0.1, 0.15) is 4.83 Å². The van der Waals surface area contributed by atoms with Gasteiger partial charge in [0, 0.05) is 6.54 Å². The summed E-state index contributed by atoms with van der Waals surface area (Å²) in [4.78, 5) is 30.1. The summed E-state index contributed by atoms with van der Waals surface area (Å²) >= 11 is 1.38. The van der Waals surface area contributed by atoms with Crippen LogP contribution in [0.2, 0.25) is 0 Å². The average molecular weight is 225 g/mol. The second kappa shape index (κ2) is 3.63. The van der Waals surface area contributed by atoms with Crippen molar-refractivity contribution in [2.24, 2.45) is 0 Å². The molecule has 15 heavy (non-hydrogen) atoms. The molecule has 0 aliphatic rings. The quantitative estimate of drug-likeness (QED) is 0.774. The third-order valence-corrected chi connectivity index (χ3v) is 2.98. The molecule has 0 atom stereocenters. The number of H-pyrrole nitrogens is 2. The van der Waals surface area contributed by atoms with Crippen LogP contribution in [0, 0.1) is 0 Å². The van der Waals surface area contributed by atoms with Gasteiger partial charge in [-0.15, -0.1) is 11.3 Å². The third-order valence-electron chi connectivity index (χ3n) is 2.03. The summed E-state index contributed by atoms with van der Waals surface area (Å²) < 4.78 is 0.